The summed E-state index contributed by atoms with van der Waals surface area (Å²) in [4.78, 5) is 11.4. The molecule has 1 aromatic carbocycles. The van der Waals surface area contributed by atoms with Gasteiger partial charge < -0.3 is 9.47 Å². The van der Waals surface area contributed by atoms with Gasteiger partial charge in [0.15, 0.2) is 5.82 Å². The van der Waals surface area contributed by atoms with Crippen LogP contribution in [0.5, 0.6) is 17.5 Å². The minimum Gasteiger partial charge on any atom is -0.497 e. The summed E-state index contributed by atoms with van der Waals surface area (Å²) in [6.45, 7) is 0. The molecule has 0 aliphatic carbocycles. The second-order valence-corrected chi connectivity index (χ2v) is 6.11. The molecule has 0 aliphatic heterocycles. The van der Waals surface area contributed by atoms with Crippen LogP contribution in [0.1, 0.15) is 5.82 Å². The van der Waals surface area contributed by atoms with E-state index in [1.165, 1.54) is 0 Å². The molecule has 0 radical (unpaired) electrons. The molecule has 1 aromatic heterocycles. The lowest BCUT2D eigenvalue weighted by atomic mass is 10.3. The fraction of sp³-hybridized carbons (Fsp3) is 0.182. The third-order valence-electron chi connectivity index (χ3n) is 2.11. The molecule has 0 bridgehead atoms. The molecule has 20 heavy (non-hydrogen) atoms. The zero-order chi connectivity index (χ0) is 14.8. The molecule has 0 atom stereocenters. The van der Waals surface area contributed by atoms with Gasteiger partial charge in [0.25, 0.3) is 0 Å². The maximum atomic E-state index is 5.73. The Kier molecular flexibility index (Phi) is 4.75. The summed E-state index contributed by atoms with van der Waals surface area (Å²) in [7, 11) is 1.56. The lowest BCUT2D eigenvalue weighted by molar-refractivity contribution is 0.410. The van der Waals surface area contributed by atoms with Gasteiger partial charge in [0.2, 0.25) is 9.08 Å². The van der Waals surface area contributed by atoms with Gasteiger partial charge in [-0.25, -0.2) is 0 Å². The average Bonchev–Trinajstić information content (AvgIpc) is 2.38. The van der Waals surface area contributed by atoms with E-state index >= 15 is 0 Å². The predicted molar refractivity (Wildman–Crippen MR) is 77.1 cm³/mol. The second-order valence-electron chi connectivity index (χ2n) is 3.49. The third-order valence-corrected chi connectivity index (χ3v) is 2.79. The van der Waals surface area contributed by atoms with Crippen molar-refractivity contribution in [1.29, 1.82) is 0 Å². The fourth-order valence-electron chi connectivity index (χ4n) is 1.25. The minimum absolute atomic E-state index is 0.0727. The van der Waals surface area contributed by atoms with Crippen molar-refractivity contribution in [3.8, 4) is 17.5 Å². The molecule has 9 heteroatoms. The van der Waals surface area contributed by atoms with E-state index in [4.69, 9.17) is 55.9 Å². The van der Waals surface area contributed by atoms with Crippen LogP contribution in [0.15, 0.2) is 24.3 Å². The van der Waals surface area contributed by atoms with E-state index in [0.29, 0.717) is 11.5 Å². The van der Waals surface area contributed by atoms with Crippen LogP contribution < -0.4 is 9.47 Å². The van der Waals surface area contributed by atoms with Crippen molar-refractivity contribution in [2.75, 3.05) is 7.11 Å². The van der Waals surface area contributed by atoms with Crippen LogP contribution in [0.25, 0.3) is 0 Å². The van der Waals surface area contributed by atoms with E-state index in [1.54, 1.807) is 31.4 Å². The van der Waals surface area contributed by atoms with Crippen molar-refractivity contribution in [2.24, 2.45) is 0 Å². The highest BCUT2D eigenvalue weighted by molar-refractivity contribution is 6.66. The molecule has 0 saturated heterocycles. The highest BCUT2D eigenvalue weighted by Crippen LogP contribution is 2.37. The molecule has 0 spiro atoms. The Labute approximate surface area is 134 Å². The maximum absolute atomic E-state index is 5.73. The number of alkyl halides is 3. The number of nitrogens with zero attached hydrogens (tertiary/aromatic N) is 3. The Balaban J connectivity index is 2.26. The second kappa shape index (κ2) is 6.18. The Hall–Kier alpha value is -1.01. The Bertz CT molecular complexity index is 602. The van der Waals surface area contributed by atoms with Crippen LogP contribution in [0.2, 0.25) is 5.28 Å². The van der Waals surface area contributed by atoms with Gasteiger partial charge in [-0.05, 0) is 35.9 Å². The summed E-state index contributed by atoms with van der Waals surface area (Å²) in [5.74, 6) is 1.04. The smallest absolute Gasteiger partial charge is 0.326 e. The summed E-state index contributed by atoms with van der Waals surface area (Å²) in [5, 5.41) is -0.134. The van der Waals surface area contributed by atoms with E-state index in [2.05, 4.69) is 15.0 Å². The van der Waals surface area contributed by atoms with Crippen molar-refractivity contribution in [3.05, 3.63) is 35.4 Å². The van der Waals surface area contributed by atoms with Gasteiger partial charge in [-0.1, -0.05) is 34.8 Å². The molecule has 106 valence electrons. The summed E-state index contributed by atoms with van der Waals surface area (Å²) >= 11 is 22.8. The molecule has 0 aliphatic rings. The molecule has 2 aromatic rings. The maximum Gasteiger partial charge on any atom is 0.326 e. The van der Waals surface area contributed by atoms with Crippen molar-refractivity contribution < 1.29 is 9.47 Å². The van der Waals surface area contributed by atoms with Crippen molar-refractivity contribution in [2.45, 2.75) is 3.79 Å². The first-order valence-electron chi connectivity index (χ1n) is 5.19. The van der Waals surface area contributed by atoms with E-state index < -0.39 is 3.79 Å². The number of hydrogen-bond acceptors (Lipinski definition) is 5. The van der Waals surface area contributed by atoms with E-state index in [-0.39, 0.29) is 17.1 Å². The van der Waals surface area contributed by atoms with Crippen molar-refractivity contribution >= 4 is 46.4 Å². The van der Waals surface area contributed by atoms with Crippen LogP contribution in [0, 0.1) is 0 Å². The van der Waals surface area contributed by atoms with Gasteiger partial charge in [0.1, 0.15) is 11.5 Å². The predicted octanol–water partition coefficient (Wildman–Crippen LogP) is 4.15. The third kappa shape index (κ3) is 3.99. The zero-order valence-corrected chi connectivity index (χ0v) is 13.0. The Morgan fingerprint density at radius 3 is 2.10 bits per heavy atom. The van der Waals surface area contributed by atoms with Crippen LogP contribution in [0.4, 0.5) is 0 Å². The quantitative estimate of drug-likeness (QED) is 0.775. The minimum atomic E-state index is -1.81. The van der Waals surface area contributed by atoms with E-state index in [0.717, 1.165) is 0 Å². The van der Waals surface area contributed by atoms with Gasteiger partial charge in [0.05, 0.1) is 7.11 Å². The van der Waals surface area contributed by atoms with Crippen LogP contribution >= 0.6 is 46.4 Å². The highest BCUT2D eigenvalue weighted by atomic mass is 35.6. The van der Waals surface area contributed by atoms with Gasteiger partial charge in [-0.3, -0.25) is 0 Å². The standard InChI is InChI=1S/C11H7Cl4N3O2/c1-19-6-2-4-7(5-3-6)20-10-17-8(11(13,14)15)16-9(12)18-10/h2-5H,1H3. The molecular weight excluding hydrogens is 348 g/mol. The lowest BCUT2D eigenvalue weighted by Crippen LogP contribution is -2.09. The summed E-state index contributed by atoms with van der Waals surface area (Å²) in [6.07, 6.45) is 0. The molecule has 0 unspecified atom stereocenters. The van der Waals surface area contributed by atoms with Gasteiger partial charge in [0, 0.05) is 0 Å². The first kappa shape index (κ1) is 15.4. The zero-order valence-electron chi connectivity index (χ0n) is 9.98. The first-order valence-corrected chi connectivity index (χ1v) is 6.70. The molecule has 5 nitrogen and oxygen atoms in total. The van der Waals surface area contributed by atoms with Gasteiger partial charge in [-0.2, -0.15) is 15.0 Å². The van der Waals surface area contributed by atoms with Crippen LogP contribution in [-0.4, -0.2) is 22.1 Å². The number of halogens is 4. The molecule has 0 amide bonds. The highest BCUT2D eigenvalue weighted by Gasteiger charge is 2.28. The van der Waals surface area contributed by atoms with Crippen LogP contribution in [0.3, 0.4) is 0 Å². The number of aromatic nitrogens is 3. The lowest BCUT2D eigenvalue weighted by Gasteiger charge is -2.10. The molecule has 1 heterocycles. The summed E-state index contributed by atoms with van der Waals surface area (Å²) in [6, 6.07) is 6.70. The van der Waals surface area contributed by atoms with Gasteiger partial charge >= 0.3 is 6.01 Å². The SMILES string of the molecule is COc1ccc(Oc2nc(Cl)nc(C(Cl)(Cl)Cl)n2)cc1. The monoisotopic (exact) mass is 353 g/mol. The largest absolute Gasteiger partial charge is 0.497 e. The Morgan fingerprint density at radius 2 is 1.55 bits per heavy atom. The first-order chi connectivity index (χ1) is 9.38. The number of hydrogen-bond donors (Lipinski definition) is 0. The molecular formula is C11H7Cl4N3O2. The number of ether oxygens (including phenoxy) is 2. The molecule has 0 fully saturated rings. The van der Waals surface area contributed by atoms with Gasteiger partial charge in [-0.15, -0.1) is 0 Å². The van der Waals surface area contributed by atoms with Crippen LogP contribution in [-0.2, 0) is 3.79 Å². The average molecular weight is 355 g/mol. The van der Waals surface area contributed by atoms with Crippen molar-refractivity contribution in [1.82, 2.24) is 15.0 Å². The summed E-state index contributed by atoms with van der Waals surface area (Å²) in [5.41, 5.74) is 0. The number of methoxy groups -OCH3 is 1. The molecule has 2 rings (SSSR count). The normalized spacial score (nSPS) is 11.2. The molecule has 0 saturated carbocycles. The summed E-state index contributed by atoms with van der Waals surface area (Å²) < 4.78 is 8.63. The van der Waals surface area contributed by atoms with E-state index in [9.17, 15) is 0 Å². The Morgan fingerprint density at radius 1 is 0.950 bits per heavy atom. The topological polar surface area (TPSA) is 57.1 Å². The van der Waals surface area contributed by atoms with Crippen molar-refractivity contribution in [3.63, 3.8) is 0 Å². The fourth-order valence-corrected chi connectivity index (χ4v) is 1.66. The molecule has 0 N–H and O–H groups in total. The van der Waals surface area contributed by atoms with E-state index in [1.807, 2.05) is 0 Å². The number of benzene rings is 1. The number of rotatable bonds is 3.